The lowest BCUT2D eigenvalue weighted by molar-refractivity contribution is -0.141. The number of nitrogens with one attached hydrogen (secondary N) is 1. The highest BCUT2D eigenvalue weighted by Gasteiger charge is 2.23. The first-order valence-corrected chi connectivity index (χ1v) is 6.70. The molecule has 0 spiro atoms. The van der Waals surface area contributed by atoms with Crippen LogP contribution in [0.4, 0.5) is 4.79 Å². The van der Waals surface area contributed by atoms with Gasteiger partial charge in [0.15, 0.2) is 0 Å². The smallest absolute Gasteiger partial charge is 0.317 e. The first-order valence-electron chi connectivity index (χ1n) is 6.70. The highest BCUT2D eigenvalue weighted by Crippen LogP contribution is 2.04. The highest BCUT2D eigenvalue weighted by molar-refractivity contribution is 5.76. The molecule has 2 N–H and O–H groups in total. The van der Waals surface area contributed by atoms with E-state index in [1.54, 1.807) is 33.0 Å². The molecule has 0 aliphatic heterocycles. The molecule has 7 heteroatoms. The van der Waals surface area contributed by atoms with Crippen LogP contribution in [-0.4, -0.2) is 68.6 Å². The van der Waals surface area contributed by atoms with Crippen molar-refractivity contribution in [3.05, 3.63) is 0 Å². The summed E-state index contributed by atoms with van der Waals surface area (Å²) in [6, 6.07) is -0.716. The molecule has 0 aliphatic carbocycles. The summed E-state index contributed by atoms with van der Waals surface area (Å²) < 4.78 is 9.93. The van der Waals surface area contributed by atoms with Crippen molar-refractivity contribution in [2.24, 2.45) is 5.92 Å². The van der Waals surface area contributed by atoms with Crippen molar-refractivity contribution in [3.63, 3.8) is 0 Å². The average Bonchev–Trinajstić information content (AvgIpc) is 2.41. The van der Waals surface area contributed by atoms with Gasteiger partial charge in [0, 0.05) is 40.0 Å². The third kappa shape index (κ3) is 7.30. The van der Waals surface area contributed by atoms with Crippen LogP contribution in [0.2, 0.25) is 0 Å². The topological polar surface area (TPSA) is 88.1 Å². The number of carbonyl (C=O) groups excluding carboxylic acids is 1. The Labute approximate surface area is 120 Å². The fourth-order valence-electron chi connectivity index (χ4n) is 1.54. The number of aliphatic carboxylic acids is 1. The van der Waals surface area contributed by atoms with Crippen molar-refractivity contribution in [2.75, 3.05) is 40.5 Å². The number of nitrogens with zero attached hydrogens (tertiary/aromatic N) is 1. The van der Waals surface area contributed by atoms with Crippen molar-refractivity contribution in [1.29, 1.82) is 0 Å². The van der Waals surface area contributed by atoms with E-state index in [2.05, 4.69) is 5.32 Å². The zero-order chi connectivity index (χ0) is 15.5. The van der Waals surface area contributed by atoms with E-state index in [1.165, 1.54) is 0 Å². The lowest BCUT2D eigenvalue weighted by atomic mass is 10.0. The van der Waals surface area contributed by atoms with Gasteiger partial charge in [-0.15, -0.1) is 0 Å². The van der Waals surface area contributed by atoms with Crippen molar-refractivity contribution in [2.45, 2.75) is 26.3 Å². The Morgan fingerprint density at radius 3 is 2.25 bits per heavy atom. The average molecular weight is 290 g/mol. The molecule has 0 aromatic rings. The number of hydrogen-bond donors (Lipinski definition) is 2. The number of carboxylic acids is 1. The molecule has 0 radical (unpaired) electrons. The lowest BCUT2D eigenvalue weighted by Gasteiger charge is -2.26. The Hall–Kier alpha value is -1.34. The number of hydrogen-bond acceptors (Lipinski definition) is 4. The van der Waals surface area contributed by atoms with Crippen molar-refractivity contribution in [3.8, 4) is 0 Å². The number of amides is 2. The van der Waals surface area contributed by atoms with Crippen molar-refractivity contribution < 1.29 is 24.2 Å². The van der Waals surface area contributed by atoms with Gasteiger partial charge in [-0.3, -0.25) is 4.79 Å². The first-order chi connectivity index (χ1) is 9.43. The maximum absolute atomic E-state index is 12.1. The van der Waals surface area contributed by atoms with E-state index in [1.807, 2.05) is 0 Å². The molecule has 2 atom stereocenters. The van der Waals surface area contributed by atoms with Gasteiger partial charge in [0.2, 0.25) is 0 Å². The second-order valence-corrected chi connectivity index (χ2v) is 4.69. The van der Waals surface area contributed by atoms with Gasteiger partial charge in [-0.05, 0) is 20.3 Å². The summed E-state index contributed by atoms with van der Waals surface area (Å²) in [6.07, 6.45) is 0.719. The lowest BCUT2D eigenvalue weighted by Crippen LogP contribution is -2.48. The Kier molecular flexibility index (Phi) is 9.75. The van der Waals surface area contributed by atoms with Crippen LogP contribution in [0, 0.1) is 5.92 Å². The molecule has 2 amide bonds. The predicted molar refractivity (Wildman–Crippen MR) is 74.7 cm³/mol. The van der Waals surface area contributed by atoms with Crippen molar-refractivity contribution in [1.82, 2.24) is 10.2 Å². The van der Waals surface area contributed by atoms with Gasteiger partial charge in [-0.1, -0.05) is 0 Å². The molecule has 0 bridgehead atoms. The van der Waals surface area contributed by atoms with Gasteiger partial charge in [-0.2, -0.15) is 0 Å². The van der Waals surface area contributed by atoms with Gasteiger partial charge in [0.05, 0.1) is 12.5 Å². The van der Waals surface area contributed by atoms with E-state index in [0.29, 0.717) is 26.3 Å². The van der Waals surface area contributed by atoms with Gasteiger partial charge in [-0.25, -0.2) is 4.79 Å². The molecular weight excluding hydrogens is 264 g/mol. The standard InChI is InChI=1S/C13H26N2O5/c1-10(12(16)17)11(2)14-13(18)15(7-9-20-4)6-5-8-19-3/h10-11H,5-9H2,1-4H3,(H,14,18)(H,16,17). The fraction of sp³-hybridized carbons (Fsp3) is 0.846. The zero-order valence-electron chi connectivity index (χ0n) is 12.7. The molecular formula is C13H26N2O5. The zero-order valence-corrected chi connectivity index (χ0v) is 12.7. The number of carbonyl (C=O) groups is 2. The minimum atomic E-state index is -0.930. The number of rotatable bonds is 10. The molecule has 0 saturated heterocycles. The Morgan fingerprint density at radius 1 is 1.15 bits per heavy atom. The molecule has 118 valence electrons. The van der Waals surface area contributed by atoms with E-state index in [9.17, 15) is 9.59 Å². The number of methoxy groups -OCH3 is 2. The second-order valence-electron chi connectivity index (χ2n) is 4.69. The minimum Gasteiger partial charge on any atom is -0.481 e. The van der Waals surface area contributed by atoms with Crippen LogP contribution in [-0.2, 0) is 14.3 Å². The minimum absolute atomic E-state index is 0.279. The number of carboxylic acid groups (broad SMARTS) is 1. The summed E-state index contributed by atoms with van der Waals surface area (Å²) in [6.45, 7) is 5.25. The van der Waals surface area contributed by atoms with E-state index in [4.69, 9.17) is 14.6 Å². The van der Waals surface area contributed by atoms with Crippen LogP contribution in [0.5, 0.6) is 0 Å². The molecule has 0 rings (SSSR count). The van der Waals surface area contributed by atoms with Gasteiger partial charge < -0.3 is 24.8 Å². The fourth-order valence-corrected chi connectivity index (χ4v) is 1.54. The van der Waals surface area contributed by atoms with Gasteiger partial charge in [0.1, 0.15) is 0 Å². The molecule has 0 fully saturated rings. The first kappa shape index (κ1) is 18.7. The molecule has 7 nitrogen and oxygen atoms in total. The third-order valence-electron chi connectivity index (χ3n) is 3.12. The number of ether oxygens (including phenoxy) is 2. The van der Waals surface area contributed by atoms with E-state index < -0.39 is 17.9 Å². The Balaban J connectivity index is 4.40. The van der Waals surface area contributed by atoms with Crippen LogP contribution >= 0.6 is 0 Å². The van der Waals surface area contributed by atoms with Gasteiger partial charge >= 0.3 is 12.0 Å². The van der Waals surface area contributed by atoms with Crippen LogP contribution < -0.4 is 5.32 Å². The van der Waals surface area contributed by atoms with Crippen molar-refractivity contribution >= 4 is 12.0 Å². The van der Waals surface area contributed by atoms with Crippen LogP contribution in [0.15, 0.2) is 0 Å². The van der Waals surface area contributed by atoms with Gasteiger partial charge in [0.25, 0.3) is 0 Å². The molecule has 0 saturated carbocycles. The number of urea groups is 1. The summed E-state index contributed by atoms with van der Waals surface area (Å²) in [4.78, 5) is 24.6. The summed E-state index contributed by atoms with van der Waals surface area (Å²) in [7, 11) is 3.18. The van der Waals surface area contributed by atoms with E-state index in [0.717, 1.165) is 6.42 Å². The highest BCUT2D eigenvalue weighted by atomic mass is 16.5. The SMILES string of the molecule is COCCCN(CCOC)C(=O)NC(C)C(C)C(=O)O. The Morgan fingerprint density at radius 2 is 1.75 bits per heavy atom. The van der Waals surface area contributed by atoms with Crippen LogP contribution in [0.1, 0.15) is 20.3 Å². The van der Waals surface area contributed by atoms with E-state index in [-0.39, 0.29) is 6.03 Å². The quantitative estimate of drug-likeness (QED) is 0.581. The molecule has 20 heavy (non-hydrogen) atoms. The third-order valence-corrected chi connectivity index (χ3v) is 3.12. The Bertz CT molecular complexity index is 298. The van der Waals surface area contributed by atoms with Crippen LogP contribution in [0.25, 0.3) is 0 Å². The molecule has 0 heterocycles. The molecule has 0 aromatic carbocycles. The summed E-state index contributed by atoms with van der Waals surface area (Å²) in [5.41, 5.74) is 0. The summed E-state index contributed by atoms with van der Waals surface area (Å²) in [5.74, 6) is -1.57. The molecule has 2 unspecified atom stereocenters. The summed E-state index contributed by atoms with van der Waals surface area (Å²) >= 11 is 0. The summed E-state index contributed by atoms with van der Waals surface area (Å²) in [5, 5.41) is 11.6. The monoisotopic (exact) mass is 290 g/mol. The molecule has 0 aliphatic rings. The maximum atomic E-state index is 12.1. The molecule has 0 aromatic heterocycles. The second kappa shape index (κ2) is 10.4. The maximum Gasteiger partial charge on any atom is 0.317 e. The largest absolute Gasteiger partial charge is 0.481 e. The van der Waals surface area contributed by atoms with E-state index >= 15 is 0 Å². The normalized spacial score (nSPS) is 13.6. The van der Waals surface area contributed by atoms with Crippen LogP contribution in [0.3, 0.4) is 0 Å². The predicted octanol–water partition coefficient (Wildman–Crippen LogP) is 0.790.